The van der Waals surface area contributed by atoms with Gasteiger partial charge in [0.2, 0.25) is 11.8 Å². The van der Waals surface area contributed by atoms with Crippen LogP contribution in [0.25, 0.3) is 0 Å². The second-order valence-corrected chi connectivity index (χ2v) is 10.2. The monoisotopic (exact) mass is 443 g/mol. The molecule has 3 heterocycles. The Hall–Kier alpha value is -2.61. The molecule has 1 aromatic rings. The van der Waals surface area contributed by atoms with Gasteiger partial charge in [0, 0.05) is 43.0 Å². The van der Waals surface area contributed by atoms with Crippen LogP contribution in [0.3, 0.4) is 0 Å². The van der Waals surface area contributed by atoms with Gasteiger partial charge in [-0.05, 0) is 58.6 Å². The van der Waals surface area contributed by atoms with Crippen LogP contribution in [-0.2, 0) is 25.5 Å². The molecule has 4 rings (SSSR count). The molecule has 0 bridgehead atoms. The zero-order valence-electron chi connectivity index (χ0n) is 19.1. The summed E-state index contributed by atoms with van der Waals surface area (Å²) in [5, 5.41) is 13.4. The lowest BCUT2D eigenvalue weighted by molar-refractivity contribution is -0.161. The summed E-state index contributed by atoms with van der Waals surface area (Å²) < 4.78 is 5.39. The number of carbonyl (C=O) groups excluding carboxylic acids is 3. The number of carbonyl (C=O) groups is 3. The van der Waals surface area contributed by atoms with E-state index >= 15 is 0 Å². The molecule has 2 N–H and O–H groups in total. The average Bonchev–Trinajstić information content (AvgIpc) is 3.11. The minimum atomic E-state index is -1.05. The van der Waals surface area contributed by atoms with Crippen LogP contribution < -0.4 is 15.1 Å². The quantitative estimate of drug-likeness (QED) is 0.542. The highest BCUT2D eigenvalue weighted by Crippen LogP contribution is 2.39. The first-order valence-electron chi connectivity index (χ1n) is 11.5. The molecule has 0 aliphatic carbocycles. The summed E-state index contributed by atoms with van der Waals surface area (Å²) in [5.41, 5.74) is 1.76. The Labute approximate surface area is 188 Å². The van der Waals surface area contributed by atoms with Crippen LogP contribution in [0.4, 0.5) is 11.4 Å². The van der Waals surface area contributed by atoms with E-state index in [-0.39, 0.29) is 30.2 Å². The predicted octanol–water partition coefficient (Wildman–Crippen LogP) is 1.92. The van der Waals surface area contributed by atoms with Crippen LogP contribution in [0.5, 0.6) is 0 Å². The van der Waals surface area contributed by atoms with Crippen molar-refractivity contribution in [3.63, 3.8) is 0 Å². The normalized spacial score (nSPS) is 23.1. The number of amides is 2. The number of aliphatic hydroxyl groups is 1. The number of fused-ring (bicyclic) bond motifs is 1. The zero-order chi connectivity index (χ0) is 23.1. The second-order valence-electron chi connectivity index (χ2n) is 10.2. The molecular weight excluding hydrogens is 410 g/mol. The number of nitrogens with zero attached hydrogens (tertiary/aromatic N) is 2. The summed E-state index contributed by atoms with van der Waals surface area (Å²) in [5.74, 6) is -0.787. The Balaban J connectivity index is 1.43. The van der Waals surface area contributed by atoms with Gasteiger partial charge in [-0.2, -0.15) is 0 Å². The maximum Gasteiger partial charge on any atom is 0.309 e. The van der Waals surface area contributed by atoms with Crippen molar-refractivity contribution in [1.29, 1.82) is 0 Å². The standard InChI is InChI=1S/C24H33N3O5/c1-23(2,3)32-21(29)15-24(31)10-13-26(14-11-24)17-5-4-6-18-16(17)9-12-27(18)19-7-8-20(28)25-22(19)30/h4-6,19,31H,7-15H2,1-3H3,(H,25,28,30)/t19-/m0/s1. The smallest absolute Gasteiger partial charge is 0.309 e. The van der Waals surface area contributed by atoms with Gasteiger partial charge in [0.15, 0.2) is 0 Å². The number of esters is 1. The Bertz CT molecular complexity index is 915. The van der Waals surface area contributed by atoms with E-state index in [9.17, 15) is 19.5 Å². The van der Waals surface area contributed by atoms with Crippen molar-refractivity contribution in [2.75, 3.05) is 29.4 Å². The molecule has 8 nitrogen and oxygen atoms in total. The molecular formula is C24H33N3O5. The first-order valence-corrected chi connectivity index (χ1v) is 11.5. The van der Waals surface area contributed by atoms with E-state index in [0.29, 0.717) is 38.8 Å². The van der Waals surface area contributed by atoms with Gasteiger partial charge < -0.3 is 19.6 Å². The van der Waals surface area contributed by atoms with Gasteiger partial charge in [-0.15, -0.1) is 0 Å². The molecule has 0 aromatic heterocycles. The summed E-state index contributed by atoms with van der Waals surface area (Å²) in [6.07, 6.45) is 2.73. The molecule has 1 atom stereocenters. The molecule has 8 heteroatoms. The van der Waals surface area contributed by atoms with Gasteiger partial charge in [-0.25, -0.2) is 0 Å². The maximum atomic E-state index is 12.4. The number of ether oxygens (including phenoxy) is 1. The minimum absolute atomic E-state index is 0.00823. The number of hydrogen-bond acceptors (Lipinski definition) is 7. The molecule has 1 aromatic carbocycles. The van der Waals surface area contributed by atoms with E-state index in [1.54, 1.807) is 0 Å². The van der Waals surface area contributed by atoms with Crippen LogP contribution in [-0.4, -0.2) is 59.8 Å². The fourth-order valence-electron chi connectivity index (χ4n) is 5.03. The Morgan fingerprint density at radius 1 is 1.16 bits per heavy atom. The van der Waals surface area contributed by atoms with Crippen molar-refractivity contribution in [1.82, 2.24) is 5.32 Å². The summed E-state index contributed by atoms with van der Waals surface area (Å²) in [4.78, 5) is 40.5. The molecule has 174 valence electrons. The second kappa shape index (κ2) is 8.39. The Kier molecular flexibility index (Phi) is 5.92. The largest absolute Gasteiger partial charge is 0.460 e. The van der Waals surface area contributed by atoms with Crippen molar-refractivity contribution in [2.24, 2.45) is 0 Å². The lowest BCUT2D eigenvalue weighted by Gasteiger charge is -2.40. The number of imide groups is 1. The van der Waals surface area contributed by atoms with Crippen LogP contribution >= 0.6 is 0 Å². The highest BCUT2D eigenvalue weighted by atomic mass is 16.6. The molecule has 2 saturated heterocycles. The predicted molar refractivity (Wildman–Crippen MR) is 121 cm³/mol. The highest BCUT2D eigenvalue weighted by molar-refractivity contribution is 6.02. The lowest BCUT2D eigenvalue weighted by Crippen LogP contribution is -2.52. The number of rotatable bonds is 4. The number of anilines is 2. The van der Waals surface area contributed by atoms with Crippen molar-refractivity contribution in [2.45, 2.75) is 76.5 Å². The summed E-state index contributed by atoms with van der Waals surface area (Å²) >= 11 is 0. The van der Waals surface area contributed by atoms with Crippen molar-refractivity contribution in [3.8, 4) is 0 Å². The van der Waals surface area contributed by atoms with E-state index in [0.717, 1.165) is 24.3 Å². The third-order valence-electron chi connectivity index (χ3n) is 6.55. The van der Waals surface area contributed by atoms with E-state index in [1.807, 2.05) is 32.9 Å². The van der Waals surface area contributed by atoms with Gasteiger partial charge in [0.25, 0.3) is 0 Å². The van der Waals surface area contributed by atoms with E-state index in [2.05, 4.69) is 21.2 Å². The molecule has 3 aliphatic heterocycles. The van der Waals surface area contributed by atoms with E-state index in [4.69, 9.17) is 4.74 Å². The third-order valence-corrected chi connectivity index (χ3v) is 6.55. The lowest BCUT2D eigenvalue weighted by atomic mass is 9.87. The first-order chi connectivity index (χ1) is 15.0. The SMILES string of the molecule is CC(C)(C)OC(=O)CC1(O)CCN(c2cccc3c2CCN3[C@H]2CCC(=O)NC2=O)CC1. The van der Waals surface area contributed by atoms with Crippen molar-refractivity contribution in [3.05, 3.63) is 23.8 Å². The van der Waals surface area contributed by atoms with Crippen LogP contribution in [0.2, 0.25) is 0 Å². The highest BCUT2D eigenvalue weighted by Gasteiger charge is 2.39. The van der Waals surface area contributed by atoms with E-state index < -0.39 is 11.2 Å². The summed E-state index contributed by atoms with van der Waals surface area (Å²) in [7, 11) is 0. The summed E-state index contributed by atoms with van der Waals surface area (Å²) in [6.45, 7) is 7.51. The number of piperidine rings is 2. The Morgan fingerprint density at radius 2 is 1.84 bits per heavy atom. The van der Waals surface area contributed by atoms with Crippen LogP contribution in [0, 0.1) is 0 Å². The maximum absolute atomic E-state index is 12.4. The zero-order valence-corrected chi connectivity index (χ0v) is 19.1. The number of nitrogens with one attached hydrogen (secondary N) is 1. The summed E-state index contributed by atoms with van der Waals surface area (Å²) in [6, 6.07) is 5.81. The van der Waals surface area contributed by atoms with Gasteiger partial charge in [0.05, 0.1) is 12.0 Å². The molecule has 2 fully saturated rings. The topological polar surface area (TPSA) is 99.2 Å². The number of benzene rings is 1. The molecule has 0 saturated carbocycles. The molecule has 0 radical (unpaired) electrons. The molecule has 0 spiro atoms. The van der Waals surface area contributed by atoms with Crippen molar-refractivity contribution >= 4 is 29.2 Å². The fraction of sp³-hybridized carbons (Fsp3) is 0.625. The molecule has 2 amide bonds. The Morgan fingerprint density at radius 3 is 2.50 bits per heavy atom. The third kappa shape index (κ3) is 4.75. The fourth-order valence-corrected chi connectivity index (χ4v) is 5.03. The van der Waals surface area contributed by atoms with Gasteiger partial charge in [-0.1, -0.05) is 6.07 Å². The van der Waals surface area contributed by atoms with Crippen LogP contribution in [0.15, 0.2) is 18.2 Å². The molecule has 32 heavy (non-hydrogen) atoms. The van der Waals surface area contributed by atoms with Gasteiger partial charge in [0.1, 0.15) is 11.6 Å². The average molecular weight is 444 g/mol. The number of hydrogen-bond donors (Lipinski definition) is 2. The minimum Gasteiger partial charge on any atom is -0.460 e. The first kappa shape index (κ1) is 22.6. The molecule has 3 aliphatic rings. The molecule has 0 unspecified atom stereocenters. The van der Waals surface area contributed by atoms with E-state index in [1.165, 1.54) is 5.56 Å². The van der Waals surface area contributed by atoms with Gasteiger partial charge in [-0.3, -0.25) is 19.7 Å². The van der Waals surface area contributed by atoms with Crippen LogP contribution in [0.1, 0.15) is 58.4 Å². The van der Waals surface area contributed by atoms with Crippen molar-refractivity contribution < 1.29 is 24.2 Å². The van der Waals surface area contributed by atoms with Gasteiger partial charge >= 0.3 is 5.97 Å².